The van der Waals surface area contributed by atoms with Crippen LogP contribution in [0.25, 0.3) is 0 Å². The quantitative estimate of drug-likeness (QED) is 0.855. The largest absolute Gasteiger partial charge is 0.324 e. The molecule has 1 aliphatic carbocycles. The summed E-state index contributed by atoms with van der Waals surface area (Å²) in [5, 5.41) is 3.84. The minimum atomic E-state index is 0.0804. The Morgan fingerprint density at radius 2 is 2.04 bits per heavy atom. The molecule has 0 amide bonds. The molecular formula is C16H21N5O2. The molecule has 1 aliphatic heterocycles. The zero-order chi connectivity index (χ0) is 15.8. The Morgan fingerprint density at radius 3 is 2.65 bits per heavy atom. The summed E-state index contributed by atoms with van der Waals surface area (Å²) in [6, 6.07) is 2.32. The molecule has 23 heavy (non-hydrogen) atoms. The maximum atomic E-state index is 12.2. The highest BCUT2D eigenvalue weighted by atomic mass is 16.5. The lowest BCUT2D eigenvalue weighted by Crippen LogP contribution is -2.36. The summed E-state index contributed by atoms with van der Waals surface area (Å²) in [6.45, 7) is 4.33. The van der Waals surface area contributed by atoms with Crippen LogP contribution in [0.2, 0.25) is 0 Å². The number of nitrogens with zero attached hydrogens (tertiary/aromatic N) is 5. The van der Waals surface area contributed by atoms with Gasteiger partial charge in [0.2, 0.25) is 0 Å². The zero-order valence-corrected chi connectivity index (χ0v) is 13.3. The SMILES string of the molecule is Cc1noc(N2CCC(Cn3cnc(C4CC4)cc3=O)CC2)n1. The van der Waals surface area contributed by atoms with Crippen LogP contribution in [-0.4, -0.2) is 32.8 Å². The lowest BCUT2D eigenvalue weighted by atomic mass is 9.97. The van der Waals surface area contributed by atoms with Crippen LogP contribution in [0.1, 0.15) is 43.1 Å². The smallest absolute Gasteiger partial charge is 0.324 e. The zero-order valence-electron chi connectivity index (χ0n) is 13.3. The topological polar surface area (TPSA) is 77.0 Å². The predicted octanol–water partition coefficient (Wildman–Crippen LogP) is 1.73. The summed E-state index contributed by atoms with van der Waals surface area (Å²) in [4.78, 5) is 23.1. The normalized spacial score (nSPS) is 19.3. The number of rotatable bonds is 4. The summed E-state index contributed by atoms with van der Waals surface area (Å²) in [6.07, 6.45) is 6.09. The summed E-state index contributed by atoms with van der Waals surface area (Å²) < 4.78 is 6.97. The Kier molecular flexibility index (Phi) is 3.63. The molecule has 2 aromatic rings. The average Bonchev–Trinajstić information content (AvgIpc) is 3.32. The lowest BCUT2D eigenvalue weighted by Gasteiger charge is -2.30. The van der Waals surface area contributed by atoms with Crippen molar-refractivity contribution in [3.05, 3.63) is 34.3 Å². The highest BCUT2D eigenvalue weighted by molar-refractivity contribution is 5.25. The second-order valence-corrected chi connectivity index (χ2v) is 6.63. The fourth-order valence-electron chi connectivity index (χ4n) is 3.18. The molecule has 0 spiro atoms. The first-order valence-corrected chi connectivity index (χ1v) is 8.30. The van der Waals surface area contributed by atoms with Gasteiger partial charge in [-0.25, -0.2) is 4.98 Å². The minimum Gasteiger partial charge on any atom is -0.324 e. The van der Waals surface area contributed by atoms with E-state index in [1.807, 2.05) is 6.92 Å². The van der Waals surface area contributed by atoms with E-state index in [9.17, 15) is 4.79 Å². The van der Waals surface area contributed by atoms with E-state index in [1.54, 1.807) is 17.0 Å². The van der Waals surface area contributed by atoms with Crippen molar-refractivity contribution in [1.29, 1.82) is 0 Å². The van der Waals surface area contributed by atoms with E-state index >= 15 is 0 Å². The van der Waals surface area contributed by atoms with Gasteiger partial charge in [0.15, 0.2) is 5.82 Å². The maximum Gasteiger partial charge on any atom is 0.324 e. The number of piperidine rings is 1. The van der Waals surface area contributed by atoms with Gasteiger partial charge >= 0.3 is 6.01 Å². The number of hydrogen-bond acceptors (Lipinski definition) is 6. The van der Waals surface area contributed by atoms with Crippen molar-refractivity contribution in [3.63, 3.8) is 0 Å². The summed E-state index contributed by atoms with van der Waals surface area (Å²) in [5.74, 6) is 1.68. The van der Waals surface area contributed by atoms with Gasteiger partial charge in [-0.1, -0.05) is 5.16 Å². The van der Waals surface area contributed by atoms with E-state index in [0.717, 1.165) is 38.2 Å². The molecule has 0 bridgehead atoms. The van der Waals surface area contributed by atoms with Crippen molar-refractivity contribution in [2.24, 2.45) is 5.92 Å². The van der Waals surface area contributed by atoms with Gasteiger partial charge in [0.25, 0.3) is 5.56 Å². The van der Waals surface area contributed by atoms with Gasteiger partial charge in [-0.2, -0.15) is 4.98 Å². The third-order valence-electron chi connectivity index (χ3n) is 4.75. The predicted molar refractivity (Wildman–Crippen MR) is 84.4 cm³/mol. The van der Waals surface area contributed by atoms with Crippen LogP contribution in [0.15, 0.2) is 21.7 Å². The van der Waals surface area contributed by atoms with Crippen LogP contribution in [-0.2, 0) is 6.54 Å². The molecule has 3 heterocycles. The molecule has 0 aromatic carbocycles. The second kappa shape index (κ2) is 5.79. The third kappa shape index (κ3) is 3.13. The minimum absolute atomic E-state index is 0.0804. The van der Waals surface area contributed by atoms with Gasteiger partial charge in [0.1, 0.15) is 0 Å². The van der Waals surface area contributed by atoms with Crippen LogP contribution < -0.4 is 10.5 Å². The Hall–Kier alpha value is -2.18. The Morgan fingerprint density at radius 1 is 1.26 bits per heavy atom. The molecule has 2 fully saturated rings. The maximum absolute atomic E-state index is 12.2. The van der Waals surface area contributed by atoms with Crippen LogP contribution in [0.5, 0.6) is 0 Å². The number of aromatic nitrogens is 4. The lowest BCUT2D eigenvalue weighted by molar-refractivity contribution is 0.330. The molecule has 0 atom stereocenters. The molecule has 1 saturated heterocycles. The number of hydrogen-bond donors (Lipinski definition) is 0. The van der Waals surface area contributed by atoms with Gasteiger partial charge in [-0.15, -0.1) is 0 Å². The van der Waals surface area contributed by atoms with Gasteiger partial charge in [-0.3, -0.25) is 9.36 Å². The fraction of sp³-hybridized carbons (Fsp3) is 0.625. The van der Waals surface area contributed by atoms with Crippen LogP contribution in [0.4, 0.5) is 6.01 Å². The fourth-order valence-corrected chi connectivity index (χ4v) is 3.18. The van der Waals surface area contributed by atoms with Crippen molar-refractivity contribution in [2.75, 3.05) is 18.0 Å². The van der Waals surface area contributed by atoms with Gasteiger partial charge in [0.05, 0.1) is 12.0 Å². The Balaban J connectivity index is 1.36. The van der Waals surface area contributed by atoms with E-state index < -0.39 is 0 Å². The van der Waals surface area contributed by atoms with Gasteiger partial charge < -0.3 is 9.42 Å². The first-order valence-electron chi connectivity index (χ1n) is 8.30. The van der Waals surface area contributed by atoms with Crippen molar-refractivity contribution < 1.29 is 4.52 Å². The van der Waals surface area contributed by atoms with Gasteiger partial charge in [-0.05, 0) is 38.5 Å². The van der Waals surface area contributed by atoms with E-state index in [2.05, 4.69) is 20.0 Å². The highest BCUT2D eigenvalue weighted by Gasteiger charge is 2.26. The van der Waals surface area contributed by atoms with Crippen LogP contribution in [0, 0.1) is 12.8 Å². The van der Waals surface area contributed by atoms with Crippen molar-refractivity contribution in [2.45, 2.75) is 45.1 Å². The second-order valence-electron chi connectivity index (χ2n) is 6.63. The molecule has 122 valence electrons. The first kappa shape index (κ1) is 14.4. The van der Waals surface area contributed by atoms with Crippen molar-refractivity contribution in [1.82, 2.24) is 19.7 Å². The molecular weight excluding hydrogens is 294 g/mol. The molecule has 0 unspecified atom stereocenters. The summed E-state index contributed by atoms with van der Waals surface area (Å²) in [7, 11) is 0. The van der Waals surface area contributed by atoms with Crippen molar-refractivity contribution in [3.8, 4) is 0 Å². The van der Waals surface area contributed by atoms with E-state index in [1.165, 1.54) is 12.8 Å². The number of aryl methyl sites for hydroxylation is 1. The highest BCUT2D eigenvalue weighted by Crippen LogP contribution is 2.38. The van der Waals surface area contributed by atoms with Crippen LogP contribution >= 0.6 is 0 Å². The number of anilines is 1. The summed E-state index contributed by atoms with van der Waals surface area (Å²) in [5.41, 5.74) is 1.05. The molecule has 4 rings (SSSR count). The first-order chi connectivity index (χ1) is 11.2. The molecule has 7 heteroatoms. The molecule has 2 aliphatic rings. The molecule has 7 nitrogen and oxygen atoms in total. The van der Waals surface area contributed by atoms with Crippen molar-refractivity contribution >= 4 is 6.01 Å². The Labute approximate surface area is 134 Å². The van der Waals surface area contributed by atoms with Gasteiger partial charge in [0, 0.05) is 31.6 Å². The average molecular weight is 315 g/mol. The molecule has 2 aromatic heterocycles. The molecule has 0 N–H and O–H groups in total. The Bertz CT molecular complexity index is 741. The summed E-state index contributed by atoms with van der Waals surface area (Å²) >= 11 is 0. The standard InChI is InChI=1S/C16H21N5O2/c1-11-18-16(23-19-11)20-6-4-12(5-7-20)9-21-10-17-14(8-15(21)22)13-2-3-13/h8,10,12-13H,2-7,9H2,1H3. The van der Waals surface area contributed by atoms with E-state index in [0.29, 0.717) is 23.7 Å². The monoisotopic (exact) mass is 315 g/mol. The third-order valence-corrected chi connectivity index (χ3v) is 4.75. The van der Waals surface area contributed by atoms with E-state index in [4.69, 9.17) is 4.52 Å². The molecule has 0 radical (unpaired) electrons. The van der Waals surface area contributed by atoms with Crippen LogP contribution in [0.3, 0.4) is 0 Å². The van der Waals surface area contributed by atoms with E-state index in [-0.39, 0.29) is 5.56 Å². The molecule has 1 saturated carbocycles.